The number of morpholine rings is 1. The molecule has 0 bridgehead atoms. The number of anilines is 2. The molecule has 2 aromatic carbocycles. The van der Waals surface area contributed by atoms with Crippen LogP contribution in [0.25, 0.3) is 6.08 Å². The van der Waals surface area contributed by atoms with E-state index in [0.29, 0.717) is 33.1 Å². The molecule has 0 spiro atoms. The van der Waals surface area contributed by atoms with Crippen molar-refractivity contribution in [3.8, 4) is 0 Å². The summed E-state index contributed by atoms with van der Waals surface area (Å²) in [5.74, 6) is -0.121. The number of amides is 1. The van der Waals surface area contributed by atoms with E-state index in [1.807, 2.05) is 36.4 Å². The van der Waals surface area contributed by atoms with E-state index in [2.05, 4.69) is 11.0 Å². The summed E-state index contributed by atoms with van der Waals surface area (Å²) in [5, 5.41) is 0.572. The molecule has 2 saturated heterocycles. The molecule has 0 atom stereocenters. The van der Waals surface area contributed by atoms with Crippen molar-refractivity contribution in [1.82, 2.24) is 0 Å². The smallest absolute Gasteiger partial charge is 0.270 e. The van der Waals surface area contributed by atoms with Gasteiger partial charge in [0.15, 0.2) is 4.32 Å². The van der Waals surface area contributed by atoms with Gasteiger partial charge < -0.3 is 9.64 Å². The molecule has 4 rings (SSSR count). The molecule has 0 N–H and O–H groups in total. The van der Waals surface area contributed by atoms with Crippen LogP contribution >= 0.6 is 35.6 Å². The summed E-state index contributed by atoms with van der Waals surface area (Å²) in [6.07, 6.45) is 1.93. The van der Waals surface area contributed by atoms with E-state index in [1.165, 1.54) is 16.7 Å². The van der Waals surface area contributed by atoms with Crippen molar-refractivity contribution in [2.24, 2.45) is 0 Å². The molecule has 0 unspecified atom stereocenters. The molecule has 1 amide bonds. The number of hydrogen-bond acceptors (Lipinski definition) is 5. The number of benzene rings is 2. The van der Waals surface area contributed by atoms with Crippen molar-refractivity contribution in [3.05, 3.63) is 64.0 Å². The van der Waals surface area contributed by atoms with Gasteiger partial charge in [-0.3, -0.25) is 9.69 Å². The van der Waals surface area contributed by atoms with Crippen LogP contribution in [0.3, 0.4) is 0 Å². The first-order valence-corrected chi connectivity index (χ1v) is 10.2. The Labute approximate surface area is 172 Å². The number of nitrogens with zero attached hydrogens (tertiary/aromatic N) is 2. The lowest BCUT2D eigenvalue weighted by Crippen LogP contribution is -2.36. The Kier molecular flexibility index (Phi) is 5.50. The Balaban J connectivity index is 1.65. The summed E-state index contributed by atoms with van der Waals surface area (Å²) >= 11 is 12.8. The highest BCUT2D eigenvalue weighted by atomic mass is 35.5. The quantitative estimate of drug-likeness (QED) is 0.540. The standard InChI is InChI=1S/C20H17ClN2O2S2/c21-15-5-3-6-16(13-15)23-19(24)18(27-20(23)26)12-14-4-1-2-7-17(14)22-8-10-25-11-9-22/h1-7,12-13H,8-11H2/b18-12+. The van der Waals surface area contributed by atoms with Crippen LogP contribution in [0, 0.1) is 0 Å². The third-order valence-corrected chi connectivity index (χ3v) is 5.97. The summed E-state index contributed by atoms with van der Waals surface area (Å²) in [5.41, 5.74) is 2.80. The predicted molar refractivity (Wildman–Crippen MR) is 117 cm³/mol. The lowest BCUT2D eigenvalue weighted by Gasteiger charge is -2.30. The van der Waals surface area contributed by atoms with E-state index in [1.54, 1.807) is 12.1 Å². The number of ether oxygens (including phenoxy) is 1. The number of halogens is 1. The van der Waals surface area contributed by atoms with Crippen molar-refractivity contribution in [2.45, 2.75) is 0 Å². The molecule has 27 heavy (non-hydrogen) atoms. The van der Waals surface area contributed by atoms with E-state index in [4.69, 9.17) is 28.6 Å². The second-order valence-electron chi connectivity index (χ2n) is 6.16. The Morgan fingerprint density at radius 1 is 1.11 bits per heavy atom. The molecular weight excluding hydrogens is 400 g/mol. The van der Waals surface area contributed by atoms with Gasteiger partial charge in [-0.25, -0.2) is 0 Å². The molecule has 0 saturated carbocycles. The highest BCUT2D eigenvalue weighted by molar-refractivity contribution is 8.27. The highest BCUT2D eigenvalue weighted by Gasteiger charge is 2.33. The first-order chi connectivity index (χ1) is 13.1. The summed E-state index contributed by atoms with van der Waals surface area (Å²) in [7, 11) is 0. The van der Waals surface area contributed by atoms with Gasteiger partial charge in [0.25, 0.3) is 5.91 Å². The van der Waals surface area contributed by atoms with Gasteiger partial charge in [-0.1, -0.05) is 59.8 Å². The number of hydrogen-bond donors (Lipinski definition) is 0. The molecule has 0 aromatic heterocycles. The van der Waals surface area contributed by atoms with Crippen LogP contribution in [0.5, 0.6) is 0 Å². The summed E-state index contributed by atoms with van der Waals surface area (Å²) in [4.78, 5) is 17.4. The van der Waals surface area contributed by atoms with Crippen LogP contribution in [-0.4, -0.2) is 36.5 Å². The fraction of sp³-hybridized carbons (Fsp3) is 0.200. The Bertz CT molecular complexity index is 926. The average molecular weight is 417 g/mol. The minimum absolute atomic E-state index is 0.121. The fourth-order valence-corrected chi connectivity index (χ4v) is 4.62. The van der Waals surface area contributed by atoms with Gasteiger partial charge in [-0.05, 0) is 35.9 Å². The van der Waals surface area contributed by atoms with Crippen molar-refractivity contribution in [3.63, 3.8) is 0 Å². The van der Waals surface area contributed by atoms with Crippen LogP contribution in [0.2, 0.25) is 5.02 Å². The monoisotopic (exact) mass is 416 g/mol. The maximum atomic E-state index is 13.0. The van der Waals surface area contributed by atoms with Crippen molar-refractivity contribution in [1.29, 1.82) is 0 Å². The second kappa shape index (κ2) is 8.02. The summed E-state index contributed by atoms with van der Waals surface area (Å²) in [6.45, 7) is 3.11. The van der Waals surface area contributed by atoms with E-state index < -0.39 is 0 Å². The van der Waals surface area contributed by atoms with Gasteiger partial charge in [0.2, 0.25) is 0 Å². The zero-order chi connectivity index (χ0) is 18.8. The molecule has 138 valence electrons. The Morgan fingerprint density at radius 2 is 1.89 bits per heavy atom. The molecule has 0 radical (unpaired) electrons. The first-order valence-electron chi connectivity index (χ1n) is 8.59. The minimum atomic E-state index is -0.121. The van der Waals surface area contributed by atoms with Crippen LogP contribution in [0.4, 0.5) is 11.4 Å². The number of rotatable bonds is 3. The number of carbonyl (C=O) groups is 1. The third kappa shape index (κ3) is 3.89. The average Bonchev–Trinajstić information content (AvgIpc) is 2.96. The summed E-state index contributed by atoms with van der Waals surface area (Å²) in [6, 6.07) is 15.3. The maximum absolute atomic E-state index is 13.0. The lowest BCUT2D eigenvalue weighted by molar-refractivity contribution is -0.113. The van der Waals surface area contributed by atoms with Crippen molar-refractivity contribution >= 4 is 63.3 Å². The number of thiocarbonyl (C=S) groups is 1. The highest BCUT2D eigenvalue weighted by Crippen LogP contribution is 2.37. The predicted octanol–water partition coefficient (Wildman–Crippen LogP) is 4.58. The number of thioether (sulfide) groups is 1. The van der Waals surface area contributed by atoms with E-state index >= 15 is 0 Å². The van der Waals surface area contributed by atoms with Gasteiger partial charge in [-0.2, -0.15) is 0 Å². The maximum Gasteiger partial charge on any atom is 0.270 e. The summed E-state index contributed by atoms with van der Waals surface area (Å²) < 4.78 is 5.96. The van der Waals surface area contributed by atoms with Crippen molar-refractivity contribution in [2.75, 3.05) is 36.1 Å². The first kappa shape index (κ1) is 18.5. The molecule has 2 aliphatic rings. The van der Waals surface area contributed by atoms with Crippen molar-refractivity contribution < 1.29 is 9.53 Å². The van der Waals surface area contributed by atoms with Crippen LogP contribution in [0.1, 0.15) is 5.56 Å². The lowest BCUT2D eigenvalue weighted by atomic mass is 10.1. The third-order valence-electron chi connectivity index (χ3n) is 4.44. The van der Waals surface area contributed by atoms with Crippen LogP contribution in [-0.2, 0) is 9.53 Å². The molecular formula is C20H17ClN2O2S2. The minimum Gasteiger partial charge on any atom is -0.378 e. The van der Waals surface area contributed by atoms with E-state index in [9.17, 15) is 4.79 Å². The molecule has 7 heteroatoms. The Morgan fingerprint density at radius 3 is 2.67 bits per heavy atom. The molecule has 4 nitrogen and oxygen atoms in total. The zero-order valence-electron chi connectivity index (χ0n) is 14.4. The van der Waals surface area contributed by atoms with Gasteiger partial charge in [0.05, 0.1) is 23.8 Å². The largest absolute Gasteiger partial charge is 0.378 e. The molecule has 2 aliphatic heterocycles. The zero-order valence-corrected chi connectivity index (χ0v) is 16.8. The van der Waals surface area contributed by atoms with Gasteiger partial charge in [0.1, 0.15) is 0 Å². The van der Waals surface area contributed by atoms with Gasteiger partial charge in [0, 0.05) is 23.8 Å². The molecule has 0 aliphatic carbocycles. The molecule has 2 aromatic rings. The van der Waals surface area contributed by atoms with Gasteiger partial charge in [-0.15, -0.1) is 0 Å². The SMILES string of the molecule is O=C1/C(=C\c2ccccc2N2CCOCC2)SC(=S)N1c1cccc(Cl)c1. The van der Waals surface area contributed by atoms with E-state index in [-0.39, 0.29) is 5.91 Å². The molecule has 2 heterocycles. The van der Waals surface area contributed by atoms with Crippen LogP contribution < -0.4 is 9.80 Å². The fourth-order valence-electron chi connectivity index (χ4n) is 3.15. The Hall–Kier alpha value is -1.86. The number of carbonyl (C=O) groups excluding carboxylic acids is 1. The number of para-hydroxylation sites is 1. The van der Waals surface area contributed by atoms with E-state index in [0.717, 1.165) is 24.3 Å². The topological polar surface area (TPSA) is 32.8 Å². The molecule has 2 fully saturated rings. The normalized spacial score (nSPS) is 19.2. The van der Waals surface area contributed by atoms with Crippen LogP contribution in [0.15, 0.2) is 53.4 Å². The second-order valence-corrected chi connectivity index (χ2v) is 8.27. The van der Waals surface area contributed by atoms with Gasteiger partial charge >= 0.3 is 0 Å².